The van der Waals surface area contributed by atoms with Crippen molar-refractivity contribution in [2.45, 2.75) is 43.1 Å². The molecule has 0 radical (unpaired) electrons. The standard InChI is InChI=1S/C20H21NO5S/c1-14-5-9-17(10-6-14)27(25)18-11-8-16(21(23)24)13-15(18)7-12-19(22)26-20(2,3)4/h5-13H,1-4H3/b12-7+. The Labute approximate surface area is 160 Å². The zero-order valence-electron chi connectivity index (χ0n) is 15.6. The third-order valence-corrected chi connectivity index (χ3v) is 4.92. The van der Waals surface area contributed by atoms with Crippen molar-refractivity contribution in [1.82, 2.24) is 0 Å². The number of ether oxygens (including phenoxy) is 1. The van der Waals surface area contributed by atoms with Crippen LogP contribution in [0.1, 0.15) is 31.9 Å². The average Bonchev–Trinajstić information content (AvgIpc) is 2.58. The number of carbonyl (C=O) groups excluding carboxylic acids is 1. The first-order chi connectivity index (χ1) is 12.6. The maximum Gasteiger partial charge on any atom is 0.331 e. The zero-order chi connectivity index (χ0) is 20.2. The molecule has 2 aromatic rings. The molecule has 0 amide bonds. The number of aryl methyl sites for hydroxylation is 1. The molecule has 0 N–H and O–H groups in total. The number of esters is 1. The van der Waals surface area contributed by atoms with Crippen LogP contribution in [0.5, 0.6) is 0 Å². The Kier molecular flexibility index (Phi) is 6.28. The first kappa shape index (κ1) is 20.5. The second-order valence-electron chi connectivity index (χ2n) is 6.93. The topological polar surface area (TPSA) is 86.5 Å². The van der Waals surface area contributed by atoms with Crippen LogP contribution in [0.3, 0.4) is 0 Å². The summed E-state index contributed by atoms with van der Waals surface area (Å²) in [6.07, 6.45) is 2.57. The highest BCUT2D eigenvalue weighted by Crippen LogP contribution is 2.26. The number of benzene rings is 2. The lowest BCUT2D eigenvalue weighted by molar-refractivity contribution is -0.384. The number of hydrogen-bond acceptors (Lipinski definition) is 5. The van der Waals surface area contributed by atoms with Gasteiger partial charge in [0.2, 0.25) is 0 Å². The van der Waals surface area contributed by atoms with E-state index in [0.717, 1.165) is 5.56 Å². The number of nitro benzene ring substituents is 1. The summed E-state index contributed by atoms with van der Waals surface area (Å²) in [7, 11) is -1.55. The number of rotatable bonds is 5. The average molecular weight is 387 g/mol. The smallest absolute Gasteiger partial charge is 0.331 e. The molecule has 0 aliphatic heterocycles. The number of nitrogens with zero attached hydrogens (tertiary/aromatic N) is 1. The van der Waals surface area contributed by atoms with Crippen molar-refractivity contribution in [3.05, 3.63) is 69.8 Å². The predicted molar refractivity (Wildman–Crippen MR) is 104 cm³/mol. The summed E-state index contributed by atoms with van der Waals surface area (Å²) in [6.45, 7) is 7.14. The van der Waals surface area contributed by atoms with Crippen molar-refractivity contribution in [2.75, 3.05) is 0 Å². The summed E-state index contributed by atoms with van der Waals surface area (Å²) in [4.78, 5) is 23.4. The fraction of sp³-hybridized carbons (Fsp3) is 0.250. The number of nitro groups is 1. The van der Waals surface area contributed by atoms with Crippen molar-refractivity contribution in [2.24, 2.45) is 0 Å². The molecule has 0 aliphatic rings. The van der Waals surface area contributed by atoms with Crippen molar-refractivity contribution < 1.29 is 18.7 Å². The summed E-state index contributed by atoms with van der Waals surface area (Å²) in [5, 5.41) is 11.1. The van der Waals surface area contributed by atoms with Crippen LogP contribution in [-0.2, 0) is 20.3 Å². The lowest BCUT2D eigenvalue weighted by Gasteiger charge is -2.18. The Morgan fingerprint density at radius 2 is 1.78 bits per heavy atom. The van der Waals surface area contributed by atoms with Gasteiger partial charge in [-0.2, -0.15) is 0 Å². The second-order valence-corrected chi connectivity index (χ2v) is 8.38. The summed E-state index contributed by atoms with van der Waals surface area (Å²) in [5.74, 6) is -0.582. The predicted octanol–water partition coefficient (Wildman–Crippen LogP) is 4.42. The molecule has 27 heavy (non-hydrogen) atoms. The van der Waals surface area contributed by atoms with E-state index in [4.69, 9.17) is 4.74 Å². The fourth-order valence-corrected chi connectivity index (χ4v) is 3.40. The van der Waals surface area contributed by atoms with Gasteiger partial charge in [0.1, 0.15) is 5.60 Å². The van der Waals surface area contributed by atoms with Gasteiger partial charge in [-0.15, -0.1) is 0 Å². The number of non-ortho nitro benzene ring substituents is 1. The van der Waals surface area contributed by atoms with E-state index in [1.165, 1.54) is 30.4 Å². The van der Waals surface area contributed by atoms with E-state index < -0.39 is 27.3 Å². The van der Waals surface area contributed by atoms with E-state index in [1.807, 2.05) is 19.1 Å². The van der Waals surface area contributed by atoms with Gasteiger partial charge in [0.05, 0.1) is 20.6 Å². The molecule has 0 heterocycles. The Balaban J connectivity index is 2.42. The number of hydrogen-bond donors (Lipinski definition) is 0. The molecule has 0 saturated carbocycles. The van der Waals surface area contributed by atoms with Crippen LogP contribution < -0.4 is 0 Å². The van der Waals surface area contributed by atoms with Crippen LogP contribution >= 0.6 is 0 Å². The van der Waals surface area contributed by atoms with Gasteiger partial charge >= 0.3 is 5.97 Å². The Hall–Kier alpha value is -2.80. The van der Waals surface area contributed by atoms with E-state index in [0.29, 0.717) is 15.4 Å². The Bertz CT molecular complexity index is 911. The summed E-state index contributed by atoms with van der Waals surface area (Å²) >= 11 is 0. The third-order valence-electron chi connectivity index (χ3n) is 3.44. The van der Waals surface area contributed by atoms with Gasteiger partial charge in [-0.1, -0.05) is 17.7 Å². The highest BCUT2D eigenvalue weighted by atomic mass is 32.2. The van der Waals surface area contributed by atoms with E-state index in [2.05, 4.69) is 0 Å². The van der Waals surface area contributed by atoms with Crippen LogP contribution in [0.4, 0.5) is 5.69 Å². The molecule has 0 spiro atoms. The first-order valence-corrected chi connectivity index (χ1v) is 9.40. The molecule has 0 aliphatic carbocycles. The molecule has 1 atom stereocenters. The lowest BCUT2D eigenvalue weighted by Crippen LogP contribution is -2.22. The van der Waals surface area contributed by atoms with E-state index >= 15 is 0 Å². The Morgan fingerprint density at radius 1 is 1.15 bits per heavy atom. The molecule has 0 fully saturated rings. The quantitative estimate of drug-likeness (QED) is 0.328. The molecule has 1 unspecified atom stereocenters. The van der Waals surface area contributed by atoms with Gasteiger partial charge in [-0.25, -0.2) is 9.00 Å². The normalized spacial score (nSPS) is 12.7. The first-order valence-electron chi connectivity index (χ1n) is 8.25. The van der Waals surface area contributed by atoms with Crippen LogP contribution in [0.15, 0.2) is 58.3 Å². The largest absolute Gasteiger partial charge is 0.457 e. The van der Waals surface area contributed by atoms with Crippen molar-refractivity contribution in [3.63, 3.8) is 0 Å². The fourth-order valence-electron chi connectivity index (χ4n) is 2.23. The van der Waals surface area contributed by atoms with Crippen LogP contribution in [0.25, 0.3) is 6.08 Å². The minimum absolute atomic E-state index is 0.150. The lowest BCUT2D eigenvalue weighted by atomic mass is 10.2. The molecule has 142 valence electrons. The highest BCUT2D eigenvalue weighted by molar-refractivity contribution is 7.85. The maximum absolute atomic E-state index is 12.9. The van der Waals surface area contributed by atoms with Crippen molar-refractivity contribution in [1.29, 1.82) is 0 Å². The Morgan fingerprint density at radius 3 is 2.33 bits per heavy atom. The third kappa shape index (κ3) is 5.86. The van der Waals surface area contributed by atoms with Gasteiger partial charge in [-0.3, -0.25) is 10.1 Å². The van der Waals surface area contributed by atoms with Crippen molar-refractivity contribution >= 4 is 28.5 Å². The van der Waals surface area contributed by atoms with Gasteiger partial charge < -0.3 is 4.74 Å². The van der Waals surface area contributed by atoms with Crippen molar-refractivity contribution in [3.8, 4) is 0 Å². The summed E-state index contributed by atoms with van der Waals surface area (Å²) in [6, 6.07) is 11.2. The molecule has 0 saturated heterocycles. The number of carbonyl (C=O) groups is 1. The molecule has 2 rings (SSSR count). The van der Waals surface area contributed by atoms with Gasteiger partial charge in [0.15, 0.2) is 0 Å². The molecular weight excluding hydrogens is 366 g/mol. The monoisotopic (exact) mass is 387 g/mol. The maximum atomic E-state index is 12.9. The van der Waals surface area contributed by atoms with Crippen LogP contribution in [0.2, 0.25) is 0 Å². The molecule has 0 aromatic heterocycles. The van der Waals surface area contributed by atoms with E-state index in [9.17, 15) is 19.1 Å². The van der Waals surface area contributed by atoms with E-state index in [1.54, 1.807) is 32.9 Å². The summed E-state index contributed by atoms with van der Waals surface area (Å²) < 4.78 is 18.1. The van der Waals surface area contributed by atoms with Gasteiger partial charge in [0, 0.05) is 23.1 Å². The second kappa shape index (κ2) is 8.26. The molecule has 6 nitrogen and oxygen atoms in total. The van der Waals surface area contributed by atoms with E-state index in [-0.39, 0.29) is 5.69 Å². The summed E-state index contributed by atoms with van der Waals surface area (Å²) in [5.41, 5.74) is 0.555. The molecule has 2 aromatic carbocycles. The molecule has 7 heteroatoms. The minimum atomic E-state index is -1.55. The SMILES string of the molecule is Cc1ccc(S(=O)c2ccc([N+](=O)[O-])cc2/C=C/C(=O)OC(C)(C)C)cc1. The van der Waals surface area contributed by atoms with Gasteiger partial charge in [0.25, 0.3) is 5.69 Å². The van der Waals surface area contributed by atoms with Crippen LogP contribution in [-0.4, -0.2) is 20.7 Å². The zero-order valence-corrected chi connectivity index (χ0v) is 16.4. The molecular formula is C20H21NO5S. The minimum Gasteiger partial charge on any atom is -0.457 e. The molecule has 0 bridgehead atoms. The van der Waals surface area contributed by atoms with Gasteiger partial charge in [-0.05, 0) is 57.5 Å². The highest BCUT2D eigenvalue weighted by Gasteiger charge is 2.17. The van der Waals surface area contributed by atoms with Crippen LogP contribution in [0, 0.1) is 17.0 Å².